The van der Waals surface area contributed by atoms with E-state index in [1.165, 1.54) is 5.38 Å². The van der Waals surface area contributed by atoms with E-state index in [4.69, 9.17) is 4.74 Å². The van der Waals surface area contributed by atoms with E-state index in [1.54, 1.807) is 6.92 Å². The first-order valence-electron chi connectivity index (χ1n) is 6.67. The highest BCUT2D eigenvalue weighted by molar-refractivity contribution is 7.14. The molecule has 0 bridgehead atoms. The number of halogens is 2. The number of thiazole rings is 1. The van der Waals surface area contributed by atoms with Gasteiger partial charge in [0.1, 0.15) is 11.5 Å². The van der Waals surface area contributed by atoms with Gasteiger partial charge >= 0.3 is 5.97 Å². The molecule has 1 aromatic carbocycles. The molecule has 0 aliphatic heterocycles. The van der Waals surface area contributed by atoms with Crippen LogP contribution in [0.3, 0.4) is 0 Å². The van der Waals surface area contributed by atoms with Crippen LogP contribution < -0.4 is 10.7 Å². The number of nitrogens with one attached hydrogen (secondary N) is 2. The first-order chi connectivity index (χ1) is 11.5. The maximum atomic E-state index is 13.6. The van der Waals surface area contributed by atoms with E-state index >= 15 is 0 Å². The third-order valence-electron chi connectivity index (χ3n) is 2.62. The lowest BCUT2D eigenvalue weighted by molar-refractivity contribution is -0.135. The standard InChI is InChI=1S/C14H12F2N4O3S/c1-2-23-13(22)12(11-6-24-14(18-11)17-7-21)20-19-10-4-3-8(15)5-9(10)16/h3-7,19H,2H2,1H3,(H,17,18,21). The Balaban J connectivity index is 2.30. The molecule has 1 aromatic heterocycles. The van der Waals surface area contributed by atoms with E-state index in [9.17, 15) is 18.4 Å². The van der Waals surface area contributed by atoms with Crippen molar-refractivity contribution >= 4 is 40.2 Å². The molecule has 2 N–H and O–H groups in total. The molecule has 0 fully saturated rings. The predicted molar refractivity (Wildman–Crippen MR) is 85.0 cm³/mol. The van der Waals surface area contributed by atoms with Crippen molar-refractivity contribution in [3.8, 4) is 0 Å². The Bertz CT molecular complexity index is 779. The molecule has 10 heteroatoms. The minimum atomic E-state index is -0.872. The van der Waals surface area contributed by atoms with Gasteiger partial charge in [0.25, 0.3) is 0 Å². The van der Waals surface area contributed by atoms with Crippen LogP contribution in [0.15, 0.2) is 28.7 Å². The van der Waals surface area contributed by atoms with Crippen LogP contribution in [0.4, 0.5) is 19.6 Å². The first-order valence-corrected chi connectivity index (χ1v) is 7.55. The average Bonchev–Trinajstić information content (AvgIpc) is 2.98. The van der Waals surface area contributed by atoms with Crippen molar-refractivity contribution < 1.29 is 23.1 Å². The number of nitrogens with zero attached hydrogens (tertiary/aromatic N) is 2. The molecule has 0 radical (unpaired) electrons. The van der Waals surface area contributed by atoms with Gasteiger partial charge in [-0.2, -0.15) is 5.10 Å². The molecule has 2 rings (SSSR count). The van der Waals surface area contributed by atoms with Crippen LogP contribution in [-0.4, -0.2) is 29.7 Å². The number of carbonyl (C=O) groups is 2. The number of rotatable bonds is 7. The van der Waals surface area contributed by atoms with E-state index in [0.717, 1.165) is 23.5 Å². The summed E-state index contributed by atoms with van der Waals surface area (Å²) in [4.78, 5) is 26.4. The summed E-state index contributed by atoms with van der Waals surface area (Å²) in [6.07, 6.45) is 0.440. The average molecular weight is 354 g/mol. The number of hydrazone groups is 1. The van der Waals surface area contributed by atoms with Crippen molar-refractivity contribution in [2.45, 2.75) is 6.92 Å². The Hall–Kier alpha value is -2.88. The topological polar surface area (TPSA) is 92.7 Å². The lowest BCUT2D eigenvalue weighted by Crippen LogP contribution is -2.21. The lowest BCUT2D eigenvalue weighted by atomic mass is 10.3. The number of carbonyl (C=O) groups excluding carboxylic acids is 2. The fourth-order valence-corrected chi connectivity index (χ4v) is 2.26. The maximum Gasteiger partial charge on any atom is 0.361 e. The largest absolute Gasteiger partial charge is 0.461 e. The number of anilines is 2. The van der Waals surface area contributed by atoms with Crippen LogP contribution >= 0.6 is 11.3 Å². The van der Waals surface area contributed by atoms with Gasteiger partial charge in [0.2, 0.25) is 6.41 Å². The molecular formula is C14H12F2N4O3S. The van der Waals surface area contributed by atoms with Gasteiger partial charge in [-0.3, -0.25) is 10.2 Å². The van der Waals surface area contributed by atoms with Gasteiger partial charge < -0.3 is 10.1 Å². The van der Waals surface area contributed by atoms with Crippen LogP contribution in [0.5, 0.6) is 0 Å². The molecule has 0 unspecified atom stereocenters. The van der Waals surface area contributed by atoms with E-state index in [-0.39, 0.29) is 28.8 Å². The highest BCUT2D eigenvalue weighted by atomic mass is 32.1. The molecule has 1 heterocycles. The number of ether oxygens (including phenoxy) is 1. The van der Waals surface area contributed by atoms with Gasteiger partial charge in [-0.15, -0.1) is 11.3 Å². The van der Waals surface area contributed by atoms with Gasteiger partial charge in [-0.05, 0) is 19.1 Å². The van der Waals surface area contributed by atoms with E-state index in [2.05, 4.69) is 20.8 Å². The van der Waals surface area contributed by atoms with E-state index < -0.39 is 17.6 Å². The molecule has 24 heavy (non-hydrogen) atoms. The molecule has 0 aliphatic carbocycles. The minimum absolute atomic E-state index is 0.104. The van der Waals surface area contributed by atoms with Crippen molar-refractivity contribution in [1.29, 1.82) is 0 Å². The maximum absolute atomic E-state index is 13.6. The SMILES string of the molecule is CCOC(=O)C(=NNc1ccc(F)cc1F)c1csc(NC=O)n1. The van der Waals surface area contributed by atoms with Gasteiger partial charge in [-0.1, -0.05) is 0 Å². The van der Waals surface area contributed by atoms with Crippen molar-refractivity contribution in [3.05, 3.63) is 40.9 Å². The van der Waals surface area contributed by atoms with Crippen molar-refractivity contribution in [2.75, 3.05) is 17.3 Å². The quantitative estimate of drug-likeness (QED) is 0.345. The predicted octanol–water partition coefficient (Wildman–Crippen LogP) is 2.37. The van der Waals surface area contributed by atoms with Crippen molar-refractivity contribution in [3.63, 3.8) is 0 Å². The van der Waals surface area contributed by atoms with Crippen LogP contribution in [0.25, 0.3) is 0 Å². The summed E-state index contributed by atoms with van der Waals surface area (Å²) >= 11 is 1.07. The summed E-state index contributed by atoms with van der Waals surface area (Å²) in [5, 5.41) is 7.88. The summed E-state index contributed by atoms with van der Waals surface area (Å²) < 4.78 is 31.4. The summed E-state index contributed by atoms with van der Waals surface area (Å²) in [6.45, 7) is 1.72. The Labute approximate surface area is 139 Å². The summed E-state index contributed by atoms with van der Waals surface area (Å²) in [7, 11) is 0. The third-order valence-corrected chi connectivity index (χ3v) is 3.39. The van der Waals surface area contributed by atoms with E-state index in [1.807, 2.05) is 0 Å². The normalized spacial score (nSPS) is 11.0. The molecule has 1 amide bonds. The van der Waals surface area contributed by atoms with Crippen molar-refractivity contribution in [2.24, 2.45) is 5.10 Å². The molecule has 0 saturated heterocycles. The second kappa shape index (κ2) is 8.11. The molecule has 0 atom stereocenters. The van der Waals surface area contributed by atoms with Gasteiger partial charge in [0.15, 0.2) is 16.7 Å². The Morgan fingerprint density at radius 1 is 1.46 bits per heavy atom. The molecule has 7 nitrogen and oxygen atoms in total. The Morgan fingerprint density at radius 3 is 2.92 bits per heavy atom. The monoisotopic (exact) mass is 354 g/mol. The third kappa shape index (κ3) is 4.32. The van der Waals surface area contributed by atoms with Crippen LogP contribution in [0.1, 0.15) is 12.6 Å². The van der Waals surface area contributed by atoms with Gasteiger partial charge in [0, 0.05) is 11.4 Å². The van der Waals surface area contributed by atoms with Crippen molar-refractivity contribution in [1.82, 2.24) is 4.98 Å². The van der Waals surface area contributed by atoms with Crippen LogP contribution in [0.2, 0.25) is 0 Å². The number of hydrogen-bond donors (Lipinski definition) is 2. The fraction of sp³-hybridized carbons (Fsp3) is 0.143. The minimum Gasteiger partial charge on any atom is -0.461 e. The van der Waals surface area contributed by atoms with Gasteiger partial charge in [-0.25, -0.2) is 18.6 Å². The number of amides is 1. The first kappa shape index (κ1) is 17.5. The summed E-state index contributed by atoms with van der Waals surface area (Å²) in [5.74, 6) is -2.39. The zero-order chi connectivity index (χ0) is 17.5. The lowest BCUT2D eigenvalue weighted by Gasteiger charge is -2.06. The van der Waals surface area contributed by atoms with Crippen LogP contribution in [0, 0.1) is 11.6 Å². The smallest absolute Gasteiger partial charge is 0.361 e. The molecule has 2 aromatic rings. The summed E-state index contributed by atoms with van der Waals surface area (Å²) in [6, 6.07) is 2.86. The Kier molecular flexibility index (Phi) is 5.90. The number of hydrogen-bond acceptors (Lipinski definition) is 7. The zero-order valence-corrected chi connectivity index (χ0v) is 13.2. The second-order valence-electron chi connectivity index (χ2n) is 4.22. The molecule has 0 spiro atoms. The molecular weight excluding hydrogens is 342 g/mol. The highest BCUT2D eigenvalue weighted by Gasteiger charge is 2.19. The zero-order valence-electron chi connectivity index (χ0n) is 12.4. The van der Waals surface area contributed by atoms with Gasteiger partial charge in [0.05, 0.1) is 12.3 Å². The second-order valence-corrected chi connectivity index (χ2v) is 5.08. The van der Waals surface area contributed by atoms with Crippen LogP contribution in [-0.2, 0) is 14.3 Å². The summed E-state index contributed by atoms with van der Waals surface area (Å²) in [5.41, 5.74) is 2.14. The molecule has 0 aliphatic rings. The highest BCUT2D eigenvalue weighted by Crippen LogP contribution is 2.18. The molecule has 126 valence electrons. The number of esters is 1. The molecule has 0 saturated carbocycles. The Morgan fingerprint density at radius 2 is 2.25 bits per heavy atom. The van der Waals surface area contributed by atoms with E-state index in [0.29, 0.717) is 12.5 Å². The number of benzene rings is 1. The number of aromatic nitrogens is 1. The fourth-order valence-electron chi connectivity index (χ4n) is 1.60.